The Hall–Kier alpha value is -0.530. The third-order valence-corrected chi connectivity index (χ3v) is 4.35. The van der Waals surface area contributed by atoms with Crippen LogP contribution in [0.15, 0.2) is 24.3 Å². The fraction of sp³-hybridized carbons (Fsp3) is 0.600. The minimum absolute atomic E-state index is 0.217. The van der Waals surface area contributed by atoms with Gasteiger partial charge in [0.1, 0.15) is 0 Å². The molecule has 0 unspecified atom stereocenters. The summed E-state index contributed by atoms with van der Waals surface area (Å²) in [6.45, 7) is 4.49. The van der Waals surface area contributed by atoms with Gasteiger partial charge in [-0.1, -0.05) is 44.0 Å². The van der Waals surface area contributed by atoms with Crippen molar-refractivity contribution < 1.29 is 0 Å². The minimum atomic E-state index is 0.217. The van der Waals surface area contributed by atoms with Gasteiger partial charge in [0.05, 0.1) is 0 Å². The first kappa shape index (κ1) is 12.9. The van der Waals surface area contributed by atoms with Crippen LogP contribution in [0.5, 0.6) is 0 Å². The first-order valence-electron chi connectivity index (χ1n) is 6.56. The second-order valence-corrected chi connectivity index (χ2v) is 6.19. The van der Waals surface area contributed by atoms with Crippen LogP contribution in [-0.4, -0.2) is 6.04 Å². The van der Waals surface area contributed by atoms with Gasteiger partial charge in [-0.15, -0.1) is 0 Å². The van der Waals surface area contributed by atoms with Crippen LogP contribution in [-0.2, 0) is 5.41 Å². The van der Waals surface area contributed by atoms with Crippen molar-refractivity contribution in [1.29, 1.82) is 0 Å². The Labute approximate surface area is 109 Å². The Bertz CT molecular complexity index is 365. The summed E-state index contributed by atoms with van der Waals surface area (Å²) in [4.78, 5) is 0. The highest BCUT2D eigenvalue weighted by molar-refractivity contribution is 6.30. The van der Waals surface area contributed by atoms with Crippen LogP contribution in [0.3, 0.4) is 0 Å². The Morgan fingerprint density at radius 3 is 2.24 bits per heavy atom. The highest BCUT2D eigenvalue weighted by Crippen LogP contribution is 2.47. The highest BCUT2D eigenvalue weighted by Gasteiger charge is 2.43. The van der Waals surface area contributed by atoms with Gasteiger partial charge in [0.2, 0.25) is 0 Å². The van der Waals surface area contributed by atoms with Crippen LogP contribution in [0.25, 0.3) is 0 Å². The predicted molar refractivity (Wildman–Crippen MR) is 74.4 cm³/mol. The molecule has 1 atom stereocenters. The highest BCUT2D eigenvalue weighted by atomic mass is 35.5. The molecular weight excluding hydrogens is 230 g/mol. The average Bonchev–Trinajstić information content (AvgIpc) is 2.18. The lowest BCUT2D eigenvalue weighted by molar-refractivity contribution is 0.178. The number of halogens is 1. The molecule has 0 spiro atoms. The fourth-order valence-corrected chi connectivity index (χ4v) is 3.07. The van der Waals surface area contributed by atoms with E-state index < -0.39 is 0 Å². The van der Waals surface area contributed by atoms with Crippen molar-refractivity contribution >= 4 is 11.6 Å². The van der Waals surface area contributed by atoms with E-state index in [0.717, 1.165) is 11.4 Å². The summed E-state index contributed by atoms with van der Waals surface area (Å²) >= 11 is 5.96. The second kappa shape index (κ2) is 4.99. The Morgan fingerprint density at radius 2 is 1.82 bits per heavy atom. The van der Waals surface area contributed by atoms with Crippen molar-refractivity contribution in [3.63, 3.8) is 0 Å². The van der Waals surface area contributed by atoms with Crippen molar-refractivity contribution in [3.05, 3.63) is 34.9 Å². The molecular formula is C15H22ClN. The van der Waals surface area contributed by atoms with Gasteiger partial charge in [-0.25, -0.2) is 0 Å². The molecule has 1 aromatic rings. The molecule has 1 fully saturated rings. The fourth-order valence-electron chi connectivity index (χ4n) is 2.95. The summed E-state index contributed by atoms with van der Waals surface area (Å²) in [5.41, 5.74) is 8.05. The zero-order valence-corrected chi connectivity index (χ0v) is 11.5. The maximum absolute atomic E-state index is 6.45. The van der Waals surface area contributed by atoms with E-state index in [9.17, 15) is 0 Å². The second-order valence-electron chi connectivity index (χ2n) is 5.75. The molecule has 0 saturated heterocycles. The van der Waals surface area contributed by atoms with Gasteiger partial charge >= 0.3 is 0 Å². The molecule has 17 heavy (non-hydrogen) atoms. The van der Waals surface area contributed by atoms with E-state index in [1.165, 1.54) is 24.8 Å². The molecule has 2 rings (SSSR count). The van der Waals surface area contributed by atoms with Crippen LogP contribution >= 0.6 is 11.6 Å². The van der Waals surface area contributed by atoms with Crippen LogP contribution in [0.2, 0.25) is 5.02 Å². The van der Waals surface area contributed by atoms with Crippen molar-refractivity contribution in [1.82, 2.24) is 0 Å². The molecule has 0 heterocycles. The largest absolute Gasteiger partial charge is 0.327 e. The molecule has 1 nitrogen and oxygen atoms in total. The predicted octanol–water partition coefficient (Wildman–Crippen LogP) is 4.14. The van der Waals surface area contributed by atoms with Crippen LogP contribution in [0.1, 0.15) is 45.1 Å². The van der Waals surface area contributed by atoms with Gasteiger partial charge in [0, 0.05) is 16.5 Å². The topological polar surface area (TPSA) is 26.0 Å². The number of hydrogen-bond acceptors (Lipinski definition) is 1. The zero-order chi connectivity index (χ0) is 12.5. The van der Waals surface area contributed by atoms with E-state index in [1.807, 2.05) is 12.1 Å². The normalized spacial score (nSPS) is 20.1. The molecule has 1 aromatic carbocycles. The summed E-state index contributed by atoms with van der Waals surface area (Å²) in [5.74, 6) is 0.662. The number of rotatable bonds is 4. The lowest BCUT2D eigenvalue weighted by Gasteiger charge is -2.47. The van der Waals surface area contributed by atoms with Gasteiger partial charge in [0.15, 0.2) is 0 Å². The summed E-state index contributed by atoms with van der Waals surface area (Å²) in [6.07, 6.45) is 4.85. The smallest absolute Gasteiger partial charge is 0.0406 e. The van der Waals surface area contributed by atoms with E-state index in [1.54, 1.807) is 0 Å². The van der Waals surface area contributed by atoms with Gasteiger partial charge in [-0.05, 0) is 42.9 Å². The lowest BCUT2D eigenvalue weighted by atomic mass is 9.59. The molecule has 0 amide bonds. The summed E-state index contributed by atoms with van der Waals surface area (Å²) < 4.78 is 0. The summed E-state index contributed by atoms with van der Waals surface area (Å²) in [5, 5.41) is 0.806. The van der Waals surface area contributed by atoms with Crippen LogP contribution in [0, 0.1) is 5.92 Å². The Balaban J connectivity index is 2.22. The number of hydrogen-bond donors (Lipinski definition) is 1. The minimum Gasteiger partial charge on any atom is -0.327 e. The van der Waals surface area contributed by atoms with Crippen molar-refractivity contribution in [2.75, 3.05) is 0 Å². The molecule has 2 heteroatoms. The van der Waals surface area contributed by atoms with E-state index in [4.69, 9.17) is 17.3 Å². The van der Waals surface area contributed by atoms with Crippen molar-refractivity contribution in [3.8, 4) is 0 Å². The first-order valence-corrected chi connectivity index (χ1v) is 6.94. The van der Waals surface area contributed by atoms with E-state index in [-0.39, 0.29) is 11.5 Å². The van der Waals surface area contributed by atoms with E-state index in [0.29, 0.717) is 5.92 Å². The molecule has 0 radical (unpaired) electrons. The van der Waals surface area contributed by atoms with Crippen molar-refractivity contribution in [2.24, 2.45) is 11.7 Å². The van der Waals surface area contributed by atoms with Gasteiger partial charge in [0.25, 0.3) is 0 Å². The quantitative estimate of drug-likeness (QED) is 0.855. The summed E-state index contributed by atoms with van der Waals surface area (Å²) in [6, 6.07) is 8.55. The molecule has 2 N–H and O–H groups in total. The Morgan fingerprint density at radius 1 is 1.24 bits per heavy atom. The Kier molecular flexibility index (Phi) is 3.79. The zero-order valence-electron chi connectivity index (χ0n) is 10.7. The third-order valence-electron chi connectivity index (χ3n) is 4.10. The molecule has 0 aromatic heterocycles. The first-order chi connectivity index (χ1) is 8.04. The van der Waals surface area contributed by atoms with E-state index in [2.05, 4.69) is 26.0 Å². The average molecular weight is 252 g/mol. The molecule has 1 saturated carbocycles. The van der Waals surface area contributed by atoms with Crippen LogP contribution in [0.4, 0.5) is 0 Å². The molecule has 1 aliphatic rings. The number of benzene rings is 1. The number of nitrogens with two attached hydrogens (primary N) is 1. The summed E-state index contributed by atoms with van der Waals surface area (Å²) in [7, 11) is 0. The lowest BCUT2D eigenvalue weighted by Crippen LogP contribution is -2.50. The standard InChI is InChI=1S/C15H22ClN/c1-11(2)10-14(17)15(8-3-9-15)12-4-6-13(16)7-5-12/h4-7,11,14H,3,8-10,17H2,1-2H3/t14-/m1/s1. The van der Waals surface area contributed by atoms with E-state index >= 15 is 0 Å². The monoisotopic (exact) mass is 251 g/mol. The van der Waals surface area contributed by atoms with Gasteiger partial charge in [-0.2, -0.15) is 0 Å². The van der Waals surface area contributed by atoms with Crippen LogP contribution < -0.4 is 5.73 Å². The molecule has 1 aliphatic carbocycles. The molecule has 0 aliphatic heterocycles. The molecule has 0 bridgehead atoms. The van der Waals surface area contributed by atoms with Gasteiger partial charge in [-0.3, -0.25) is 0 Å². The van der Waals surface area contributed by atoms with Gasteiger partial charge < -0.3 is 5.73 Å². The maximum atomic E-state index is 6.45. The van der Waals surface area contributed by atoms with Crippen molar-refractivity contribution in [2.45, 2.75) is 51.0 Å². The SMILES string of the molecule is CC(C)C[C@@H](N)C1(c2ccc(Cl)cc2)CCC1. The maximum Gasteiger partial charge on any atom is 0.0406 e. The third kappa shape index (κ3) is 2.51. The molecule has 94 valence electrons.